The molecule has 4 aliphatic rings. The maximum atomic E-state index is 15.0. The number of benzene rings is 1. The van der Waals surface area contributed by atoms with Crippen molar-refractivity contribution in [1.29, 1.82) is 0 Å². The molecule has 17 nitrogen and oxygen atoms in total. The number of aromatic nitrogens is 4. The minimum atomic E-state index is -1.17. The first kappa shape index (κ1) is 41.7. The Kier molecular flexibility index (Phi) is 12.0. The van der Waals surface area contributed by atoms with Gasteiger partial charge in [-0.15, -0.1) is 0 Å². The van der Waals surface area contributed by atoms with E-state index in [0.717, 1.165) is 55.7 Å². The number of alkyl halides is 1. The standard InChI is InChI=1S/C43H52FN11O6/c1-25(2)53-23-29(39(45)57)28-22-48-36(21-33(28)53)54(35-11-16-47-43(49-35)52-20-14-34(61-3)30(44)24-52)26-12-18-51(19-13-26)17-5-4-15-46-31-8-6-7-27-38(31)42(60)55(41(27)59)32-9-10-37(56)50-40(32)58/h6-8,11,16,21-23,25-26,30,32,34,46H,4-5,9-10,12-15,17-20,24H2,1-3H3,(H2,45,57)(H,50,56,58)/t30-,32?,34+/m1/s1. The van der Waals surface area contributed by atoms with Crippen LogP contribution in [0.2, 0.25) is 0 Å². The summed E-state index contributed by atoms with van der Waals surface area (Å²) in [5, 5.41) is 6.26. The van der Waals surface area contributed by atoms with Crippen LogP contribution in [0.5, 0.6) is 0 Å². The molecule has 322 valence electrons. The number of likely N-dealkylation sites (tertiary alicyclic amines) is 1. The normalized spacial score (nSPS) is 21.4. The Balaban J connectivity index is 0.931. The van der Waals surface area contributed by atoms with Crippen molar-refractivity contribution in [3.05, 3.63) is 65.6 Å². The van der Waals surface area contributed by atoms with Gasteiger partial charge in [-0.05, 0) is 77.1 Å². The molecule has 18 heteroatoms. The van der Waals surface area contributed by atoms with Crippen LogP contribution in [0.25, 0.3) is 10.9 Å². The molecule has 1 aromatic carbocycles. The lowest BCUT2D eigenvalue weighted by Crippen LogP contribution is -2.54. The second kappa shape index (κ2) is 17.5. The molecule has 3 saturated heterocycles. The smallest absolute Gasteiger partial charge is 0.264 e. The first-order valence-electron chi connectivity index (χ1n) is 21.1. The lowest BCUT2D eigenvalue weighted by Gasteiger charge is -2.39. The van der Waals surface area contributed by atoms with Crippen LogP contribution in [0, 0.1) is 0 Å². The van der Waals surface area contributed by atoms with Crippen molar-refractivity contribution >= 4 is 63.7 Å². The van der Waals surface area contributed by atoms with E-state index in [1.165, 1.54) is 7.11 Å². The number of methoxy groups -OCH3 is 1. The predicted octanol–water partition coefficient (Wildman–Crippen LogP) is 3.97. The molecule has 4 aromatic rings. The summed E-state index contributed by atoms with van der Waals surface area (Å²) in [6.07, 6.45) is 7.59. The van der Waals surface area contributed by atoms with Gasteiger partial charge in [0.15, 0.2) is 0 Å². The third-order valence-corrected chi connectivity index (χ3v) is 12.3. The number of carbonyl (C=O) groups is 5. The zero-order valence-corrected chi connectivity index (χ0v) is 34.7. The minimum absolute atomic E-state index is 0.0250. The number of amides is 5. The summed E-state index contributed by atoms with van der Waals surface area (Å²) in [6.45, 7) is 7.89. The van der Waals surface area contributed by atoms with Gasteiger partial charge in [0.25, 0.3) is 17.7 Å². The number of fused-ring (bicyclic) bond motifs is 2. The number of hydrogen-bond donors (Lipinski definition) is 3. The van der Waals surface area contributed by atoms with Gasteiger partial charge in [0, 0.05) is 87.5 Å². The molecule has 0 radical (unpaired) electrons. The molecule has 4 aliphatic heterocycles. The highest BCUT2D eigenvalue weighted by atomic mass is 19.1. The van der Waals surface area contributed by atoms with Crippen LogP contribution in [-0.4, -0.2) is 130 Å². The summed E-state index contributed by atoms with van der Waals surface area (Å²) in [5.74, 6) is -0.871. The SMILES string of the molecule is CO[C@H]1CCN(c2nccc(N(c3cc4c(cn3)c(C(N)=O)cn4C(C)C)C3CCN(CCCCNc4cccc5c4C(=O)N(C4CCC(=O)NC4=O)C5=O)CC3)n2)C[C@H]1F. The Morgan fingerprint density at radius 2 is 1.84 bits per heavy atom. The zero-order valence-electron chi connectivity index (χ0n) is 34.7. The number of imide groups is 2. The van der Waals surface area contributed by atoms with E-state index >= 15 is 0 Å². The lowest BCUT2D eigenvalue weighted by molar-refractivity contribution is -0.136. The van der Waals surface area contributed by atoms with Crippen LogP contribution < -0.4 is 26.2 Å². The number of piperidine rings is 3. The quantitative estimate of drug-likeness (QED) is 0.122. The summed E-state index contributed by atoms with van der Waals surface area (Å²) < 4.78 is 22.4. The Bertz CT molecular complexity index is 2350. The molecule has 4 N–H and O–H groups in total. The summed E-state index contributed by atoms with van der Waals surface area (Å²) in [4.78, 5) is 85.2. The largest absolute Gasteiger partial charge is 0.384 e. The van der Waals surface area contributed by atoms with Crippen molar-refractivity contribution in [2.45, 2.75) is 89.2 Å². The summed E-state index contributed by atoms with van der Waals surface area (Å²) in [7, 11) is 1.53. The lowest BCUT2D eigenvalue weighted by atomic mass is 10.0. The second-order valence-electron chi connectivity index (χ2n) is 16.5. The summed E-state index contributed by atoms with van der Waals surface area (Å²) >= 11 is 0. The van der Waals surface area contributed by atoms with Crippen LogP contribution in [0.3, 0.4) is 0 Å². The molecule has 3 aromatic heterocycles. The molecule has 0 bridgehead atoms. The highest BCUT2D eigenvalue weighted by molar-refractivity contribution is 6.25. The van der Waals surface area contributed by atoms with Crippen LogP contribution in [-0.2, 0) is 14.3 Å². The number of ether oxygens (including phenoxy) is 1. The molecular weight excluding hydrogens is 786 g/mol. The number of nitrogens with one attached hydrogen (secondary N) is 2. The number of hydrogen-bond acceptors (Lipinski definition) is 13. The fourth-order valence-electron chi connectivity index (χ4n) is 9.08. The fourth-order valence-corrected chi connectivity index (χ4v) is 9.08. The molecule has 1 unspecified atom stereocenters. The van der Waals surface area contributed by atoms with E-state index < -0.39 is 47.9 Å². The first-order chi connectivity index (χ1) is 29.4. The van der Waals surface area contributed by atoms with Crippen molar-refractivity contribution < 1.29 is 33.1 Å². The molecule has 61 heavy (non-hydrogen) atoms. The topological polar surface area (TPSA) is 201 Å². The third-order valence-electron chi connectivity index (χ3n) is 12.3. The van der Waals surface area contributed by atoms with Crippen LogP contribution in [0.15, 0.2) is 48.9 Å². The molecule has 3 atom stereocenters. The average molecular weight is 838 g/mol. The van der Waals surface area contributed by atoms with E-state index in [4.69, 9.17) is 20.4 Å². The number of nitrogens with two attached hydrogens (primary N) is 1. The van der Waals surface area contributed by atoms with E-state index in [1.807, 2.05) is 35.4 Å². The van der Waals surface area contributed by atoms with Crippen LogP contribution >= 0.6 is 0 Å². The molecule has 0 saturated carbocycles. The Morgan fingerprint density at radius 1 is 1.03 bits per heavy atom. The van der Waals surface area contributed by atoms with Gasteiger partial charge in [0.1, 0.15) is 23.8 Å². The Morgan fingerprint density at radius 3 is 2.56 bits per heavy atom. The van der Waals surface area contributed by atoms with Crippen LogP contribution in [0.1, 0.15) is 95.9 Å². The van der Waals surface area contributed by atoms with Gasteiger partial charge in [-0.1, -0.05) is 6.07 Å². The molecule has 0 spiro atoms. The van der Waals surface area contributed by atoms with E-state index in [-0.39, 0.29) is 42.6 Å². The minimum Gasteiger partial charge on any atom is -0.384 e. The van der Waals surface area contributed by atoms with E-state index in [1.54, 1.807) is 36.8 Å². The molecular formula is C43H52FN11O6. The summed E-state index contributed by atoms with van der Waals surface area (Å²) in [5.41, 5.74) is 8.06. The number of pyridine rings is 1. The number of primary amides is 1. The molecule has 0 aliphatic carbocycles. The zero-order chi connectivity index (χ0) is 42.9. The van der Waals surface area contributed by atoms with Gasteiger partial charge in [-0.3, -0.25) is 34.2 Å². The molecule has 8 rings (SSSR count). The van der Waals surface area contributed by atoms with Crippen molar-refractivity contribution in [1.82, 2.24) is 34.6 Å². The van der Waals surface area contributed by atoms with Gasteiger partial charge in [0.2, 0.25) is 17.8 Å². The van der Waals surface area contributed by atoms with E-state index in [0.29, 0.717) is 53.7 Å². The van der Waals surface area contributed by atoms with Crippen molar-refractivity contribution in [3.63, 3.8) is 0 Å². The molecule has 5 amide bonds. The van der Waals surface area contributed by atoms with Crippen molar-refractivity contribution in [2.75, 3.05) is 61.5 Å². The Labute approximate surface area is 352 Å². The monoisotopic (exact) mass is 837 g/mol. The van der Waals surface area contributed by atoms with Gasteiger partial charge < -0.3 is 35.1 Å². The number of nitrogens with zero attached hydrogens (tertiary/aromatic N) is 8. The number of halogens is 1. The maximum absolute atomic E-state index is 15.0. The number of rotatable bonds is 14. The van der Waals surface area contributed by atoms with Gasteiger partial charge in [-0.2, -0.15) is 4.98 Å². The summed E-state index contributed by atoms with van der Waals surface area (Å²) in [6, 6.07) is 7.98. The van der Waals surface area contributed by atoms with Crippen molar-refractivity contribution in [3.8, 4) is 0 Å². The fraction of sp³-hybridized carbons (Fsp3) is 0.488. The van der Waals surface area contributed by atoms with Gasteiger partial charge in [-0.25, -0.2) is 14.4 Å². The van der Waals surface area contributed by atoms with Crippen LogP contribution in [0.4, 0.5) is 27.7 Å². The number of carbonyl (C=O) groups excluding carboxylic acids is 5. The number of anilines is 4. The average Bonchev–Trinajstić information content (AvgIpc) is 3.76. The molecule has 3 fully saturated rings. The third kappa shape index (κ3) is 8.25. The first-order valence-corrected chi connectivity index (χ1v) is 21.1. The maximum Gasteiger partial charge on any atom is 0.264 e. The van der Waals surface area contributed by atoms with E-state index in [2.05, 4.69) is 25.4 Å². The molecule has 7 heterocycles. The second-order valence-corrected chi connectivity index (χ2v) is 16.5. The Hall–Kier alpha value is -6.01. The predicted molar refractivity (Wildman–Crippen MR) is 226 cm³/mol. The number of unbranched alkanes of at least 4 members (excludes halogenated alkanes) is 1. The highest BCUT2D eigenvalue weighted by Gasteiger charge is 2.45. The highest BCUT2D eigenvalue weighted by Crippen LogP contribution is 2.36. The van der Waals surface area contributed by atoms with Gasteiger partial charge >= 0.3 is 0 Å². The van der Waals surface area contributed by atoms with Gasteiger partial charge in [0.05, 0.1) is 34.9 Å². The van der Waals surface area contributed by atoms with Crippen molar-refractivity contribution in [2.24, 2.45) is 5.73 Å². The van der Waals surface area contributed by atoms with E-state index in [9.17, 15) is 28.4 Å².